The van der Waals surface area contributed by atoms with Crippen LogP contribution in [0.25, 0.3) is 10.8 Å². The van der Waals surface area contributed by atoms with Crippen LogP contribution in [0.3, 0.4) is 0 Å². The van der Waals surface area contributed by atoms with Crippen LogP contribution in [0, 0.1) is 0 Å². The van der Waals surface area contributed by atoms with Crippen LogP contribution in [0.5, 0.6) is 0 Å². The van der Waals surface area contributed by atoms with Crippen LogP contribution >= 0.6 is 15.9 Å². The van der Waals surface area contributed by atoms with Gasteiger partial charge in [-0.25, -0.2) is 0 Å². The third-order valence-corrected chi connectivity index (χ3v) is 2.94. The maximum atomic E-state index is 8.97. The largest absolute Gasteiger partial charge is 0.394 e. The van der Waals surface area contributed by atoms with Gasteiger partial charge in [0.05, 0.1) is 12.6 Å². The predicted molar refractivity (Wildman–Crippen MR) is 65.7 cm³/mol. The van der Waals surface area contributed by atoms with Crippen LogP contribution in [-0.2, 0) is 0 Å². The Labute approximate surface area is 96.8 Å². The Morgan fingerprint density at radius 2 is 1.80 bits per heavy atom. The van der Waals surface area contributed by atoms with Gasteiger partial charge >= 0.3 is 0 Å². The summed E-state index contributed by atoms with van der Waals surface area (Å²) in [5.74, 6) is 0. The van der Waals surface area contributed by atoms with Crippen molar-refractivity contribution in [1.82, 2.24) is 0 Å². The molecule has 1 unspecified atom stereocenters. The number of fused-ring (bicyclic) bond motifs is 1. The summed E-state index contributed by atoms with van der Waals surface area (Å²) < 4.78 is 1.06. The molecule has 78 valence electrons. The van der Waals surface area contributed by atoms with Gasteiger partial charge in [-0.2, -0.15) is 0 Å². The van der Waals surface area contributed by atoms with E-state index in [2.05, 4.69) is 22.0 Å². The number of halogens is 1. The highest BCUT2D eigenvalue weighted by atomic mass is 79.9. The van der Waals surface area contributed by atoms with Crippen LogP contribution < -0.4 is 5.73 Å². The summed E-state index contributed by atoms with van der Waals surface area (Å²) in [6.07, 6.45) is 0. The zero-order chi connectivity index (χ0) is 10.8. The highest BCUT2D eigenvalue weighted by Gasteiger charge is 2.04. The molecule has 0 saturated carbocycles. The van der Waals surface area contributed by atoms with E-state index in [1.807, 2.05) is 30.3 Å². The van der Waals surface area contributed by atoms with Crippen LogP contribution in [0.15, 0.2) is 40.9 Å². The lowest BCUT2D eigenvalue weighted by Crippen LogP contribution is -2.14. The average Bonchev–Trinajstić information content (AvgIpc) is 2.27. The van der Waals surface area contributed by atoms with Gasteiger partial charge in [-0.15, -0.1) is 0 Å². The fraction of sp³-hybridized carbons (Fsp3) is 0.167. The maximum Gasteiger partial charge on any atom is 0.0624 e. The molecule has 0 aromatic heterocycles. The Morgan fingerprint density at radius 1 is 1.13 bits per heavy atom. The van der Waals surface area contributed by atoms with Gasteiger partial charge in [0.25, 0.3) is 0 Å². The molecule has 0 heterocycles. The molecular weight excluding hydrogens is 254 g/mol. The molecule has 1 atom stereocenters. The van der Waals surface area contributed by atoms with Crippen molar-refractivity contribution in [2.24, 2.45) is 5.73 Å². The second-order valence-corrected chi connectivity index (χ2v) is 4.46. The van der Waals surface area contributed by atoms with Gasteiger partial charge in [0.15, 0.2) is 0 Å². The number of hydrogen-bond donors (Lipinski definition) is 2. The highest BCUT2D eigenvalue weighted by Crippen LogP contribution is 2.22. The number of nitrogens with two attached hydrogens (primary N) is 1. The van der Waals surface area contributed by atoms with E-state index in [1.54, 1.807) is 0 Å². The van der Waals surface area contributed by atoms with Crippen molar-refractivity contribution in [2.75, 3.05) is 6.61 Å². The third-order valence-electron chi connectivity index (χ3n) is 2.45. The summed E-state index contributed by atoms with van der Waals surface area (Å²) in [7, 11) is 0. The average molecular weight is 266 g/mol. The van der Waals surface area contributed by atoms with E-state index in [0.29, 0.717) is 0 Å². The lowest BCUT2D eigenvalue weighted by atomic mass is 10.0. The molecule has 3 heteroatoms. The summed E-state index contributed by atoms with van der Waals surface area (Å²) in [5.41, 5.74) is 6.72. The van der Waals surface area contributed by atoms with Crippen molar-refractivity contribution in [3.8, 4) is 0 Å². The fourth-order valence-corrected chi connectivity index (χ4v) is 1.95. The molecule has 2 aromatic carbocycles. The summed E-state index contributed by atoms with van der Waals surface area (Å²) in [6.45, 7) is -0.0258. The summed E-state index contributed by atoms with van der Waals surface area (Å²) >= 11 is 3.43. The number of rotatable bonds is 2. The van der Waals surface area contributed by atoms with Gasteiger partial charge in [-0.1, -0.05) is 34.1 Å². The van der Waals surface area contributed by atoms with E-state index in [4.69, 9.17) is 10.8 Å². The van der Waals surface area contributed by atoms with Crippen molar-refractivity contribution in [1.29, 1.82) is 0 Å². The van der Waals surface area contributed by atoms with E-state index < -0.39 is 0 Å². The molecule has 2 nitrogen and oxygen atoms in total. The molecule has 2 aromatic rings. The molecule has 0 amide bonds. The highest BCUT2D eigenvalue weighted by molar-refractivity contribution is 9.10. The topological polar surface area (TPSA) is 46.2 Å². The second kappa shape index (κ2) is 4.31. The van der Waals surface area contributed by atoms with Crippen LogP contribution in [0.1, 0.15) is 11.6 Å². The van der Waals surface area contributed by atoms with E-state index in [-0.39, 0.29) is 12.6 Å². The molecule has 0 radical (unpaired) electrons. The standard InChI is InChI=1S/C12H12BrNO/c13-11-4-3-8-5-10(12(14)7-15)2-1-9(8)6-11/h1-6,12,15H,7,14H2. The summed E-state index contributed by atoms with van der Waals surface area (Å²) in [6, 6.07) is 11.8. The normalized spacial score (nSPS) is 13.0. The van der Waals surface area contributed by atoms with Gasteiger partial charge in [-0.3, -0.25) is 0 Å². The van der Waals surface area contributed by atoms with Crippen LogP contribution in [0.4, 0.5) is 0 Å². The Morgan fingerprint density at radius 3 is 2.53 bits per heavy atom. The molecule has 3 N–H and O–H groups in total. The van der Waals surface area contributed by atoms with E-state index in [0.717, 1.165) is 15.4 Å². The maximum absolute atomic E-state index is 8.97. The molecule has 0 aliphatic rings. The quantitative estimate of drug-likeness (QED) is 0.877. The first-order valence-corrected chi connectivity index (χ1v) is 5.55. The third kappa shape index (κ3) is 2.20. The monoisotopic (exact) mass is 265 g/mol. The van der Waals surface area contributed by atoms with Crippen molar-refractivity contribution >= 4 is 26.7 Å². The van der Waals surface area contributed by atoms with Gasteiger partial charge in [0.2, 0.25) is 0 Å². The molecule has 0 bridgehead atoms. The predicted octanol–water partition coefficient (Wildman–Crippen LogP) is 2.59. The zero-order valence-corrected chi connectivity index (χ0v) is 9.74. The number of aliphatic hydroxyl groups excluding tert-OH is 1. The Kier molecular flexibility index (Phi) is 3.05. The molecule has 0 aliphatic heterocycles. The first-order chi connectivity index (χ1) is 7.20. The first-order valence-electron chi connectivity index (χ1n) is 4.76. The lowest BCUT2D eigenvalue weighted by Gasteiger charge is -2.09. The van der Waals surface area contributed by atoms with Crippen LogP contribution in [0.2, 0.25) is 0 Å². The van der Waals surface area contributed by atoms with E-state index in [1.165, 1.54) is 5.39 Å². The van der Waals surface area contributed by atoms with Gasteiger partial charge in [-0.05, 0) is 34.5 Å². The number of hydrogen-bond acceptors (Lipinski definition) is 2. The first kappa shape index (κ1) is 10.6. The van der Waals surface area contributed by atoms with Crippen molar-refractivity contribution in [3.05, 3.63) is 46.4 Å². The minimum absolute atomic E-state index is 0.0258. The number of aliphatic hydroxyl groups is 1. The Hall–Kier alpha value is -0.900. The second-order valence-electron chi connectivity index (χ2n) is 3.54. The molecule has 0 fully saturated rings. The van der Waals surface area contributed by atoms with Crippen LogP contribution in [-0.4, -0.2) is 11.7 Å². The minimum Gasteiger partial charge on any atom is -0.394 e. The van der Waals surface area contributed by atoms with E-state index in [9.17, 15) is 0 Å². The molecule has 0 aliphatic carbocycles. The lowest BCUT2D eigenvalue weighted by molar-refractivity contribution is 0.268. The molecule has 2 rings (SSSR count). The van der Waals surface area contributed by atoms with Crippen molar-refractivity contribution < 1.29 is 5.11 Å². The Bertz CT molecular complexity index is 484. The zero-order valence-electron chi connectivity index (χ0n) is 8.15. The Balaban J connectivity index is 2.52. The summed E-state index contributed by atoms with van der Waals surface area (Å²) in [5, 5.41) is 11.3. The van der Waals surface area contributed by atoms with Crippen molar-refractivity contribution in [2.45, 2.75) is 6.04 Å². The van der Waals surface area contributed by atoms with Gasteiger partial charge in [0, 0.05) is 4.47 Å². The van der Waals surface area contributed by atoms with Gasteiger partial charge < -0.3 is 10.8 Å². The fourth-order valence-electron chi connectivity index (χ4n) is 1.57. The minimum atomic E-state index is -0.293. The van der Waals surface area contributed by atoms with Gasteiger partial charge in [0.1, 0.15) is 0 Å². The smallest absolute Gasteiger partial charge is 0.0624 e. The molecule has 0 spiro atoms. The molecule has 0 saturated heterocycles. The van der Waals surface area contributed by atoms with Crippen molar-refractivity contribution in [3.63, 3.8) is 0 Å². The van der Waals surface area contributed by atoms with E-state index >= 15 is 0 Å². The summed E-state index contributed by atoms with van der Waals surface area (Å²) in [4.78, 5) is 0. The molecule has 15 heavy (non-hydrogen) atoms. The molecular formula is C12H12BrNO. The SMILES string of the molecule is NC(CO)c1ccc2cc(Br)ccc2c1. The number of benzene rings is 2.